The lowest BCUT2D eigenvalue weighted by Crippen LogP contribution is -2.34. The third kappa shape index (κ3) is 4.80. The second kappa shape index (κ2) is 6.34. The zero-order valence-corrected chi connectivity index (χ0v) is 12.0. The lowest BCUT2D eigenvalue weighted by atomic mass is 9.94. The number of aromatic nitrogens is 1. The smallest absolute Gasteiger partial charge is 0.264 e. The molecule has 0 amide bonds. The molecule has 106 valence electrons. The summed E-state index contributed by atoms with van der Waals surface area (Å²) in [7, 11) is -3.30. The van der Waals surface area contributed by atoms with Gasteiger partial charge in [0.05, 0.1) is 12.9 Å². The molecule has 1 fully saturated rings. The predicted molar refractivity (Wildman–Crippen MR) is 74.6 cm³/mol. The van der Waals surface area contributed by atoms with E-state index < -0.39 is 10.1 Å². The Morgan fingerprint density at radius 2 is 1.95 bits per heavy atom. The molecule has 0 radical (unpaired) electrons. The van der Waals surface area contributed by atoms with Crippen LogP contribution in [0, 0.1) is 5.92 Å². The highest BCUT2D eigenvalue weighted by Gasteiger charge is 2.19. The van der Waals surface area contributed by atoms with E-state index in [0.29, 0.717) is 12.5 Å². The van der Waals surface area contributed by atoms with E-state index in [1.54, 1.807) is 12.4 Å². The summed E-state index contributed by atoms with van der Waals surface area (Å²) in [4.78, 5) is 6.36. The summed E-state index contributed by atoms with van der Waals surface area (Å²) >= 11 is 0. The molecule has 19 heavy (non-hydrogen) atoms. The van der Waals surface area contributed by atoms with Gasteiger partial charge in [-0.05, 0) is 37.3 Å². The van der Waals surface area contributed by atoms with Crippen molar-refractivity contribution in [3.8, 4) is 0 Å². The number of hydrogen-bond acceptors (Lipinski definition) is 5. The maximum atomic E-state index is 10.9. The minimum absolute atomic E-state index is 0.304. The monoisotopic (exact) mass is 284 g/mol. The van der Waals surface area contributed by atoms with Gasteiger partial charge >= 0.3 is 0 Å². The van der Waals surface area contributed by atoms with Crippen molar-refractivity contribution in [3.05, 3.63) is 24.5 Å². The molecule has 0 saturated carbocycles. The summed E-state index contributed by atoms with van der Waals surface area (Å²) in [6.07, 6.45) is 7.68. The van der Waals surface area contributed by atoms with Crippen molar-refractivity contribution < 1.29 is 12.6 Å². The number of nitrogens with zero attached hydrogens (tertiary/aromatic N) is 2. The highest BCUT2D eigenvalue weighted by atomic mass is 32.2. The first-order chi connectivity index (χ1) is 9.04. The van der Waals surface area contributed by atoms with E-state index in [0.717, 1.165) is 38.6 Å². The molecule has 2 heterocycles. The molecule has 5 nitrogen and oxygen atoms in total. The minimum atomic E-state index is -3.30. The molecule has 0 N–H and O–H groups in total. The Bertz CT molecular complexity index is 482. The van der Waals surface area contributed by atoms with Crippen LogP contribution in [-0.4, -0.2) is 39.4 Å². The molecule has 0 aliphatic carbocycles. The van der Waals surface area contributed by atoms with Gasteiger partial charge in [0.15, 0.2) is 0 Å². The van der Waals surface area contributed by atoms with E-state index in [1.807, 2.05) is 12.1 Å². The maximum absolute atomic E-state index is 10.9. The average Bonchev–Trinajstić information content (AvgIpc) is 2.39. The molecule has 0 unspecified atom stereocenters. The van der Waals surface area contributed by atoms with Gasteiger partial charge in [-0.3, -0.25) is 9.17 Å². The van der Waals surface area contributed by atoms with Crippen LogP contribution in [0.15, 0.2) is 24.5 Å². The third-order valence-electron chi connectivity index (χ3n) is 3.47. The van der Waals surface area contributed by atoms with Gasteiger partial charge in [-0.25, -0.2) is 0 Å². The Labute approximate surface area is 114 Å². The fourth-order valence-corrected chi connectivity index (χ4v) is 2.80. The lowest BCUT2D eigenvalue weighted by molar-refractivity contribution is 0.264. The molecule has 0 bridgehead atoms. The Hall–Kier alpha value is -1.14. The van der Waals surface area contributed by atoms with Crippen LogP contribution in [0.25, 0.3) is 0 Å². The van der Waals surface area contributed by atoms with Gasteiger partial charge < -0.3 is 4.90 Å². The predicted octanol–water partition coefficient (Wildman–Crippen LogP) is 1.66. The Kier molecular flexibility index (Phi) is 4.76. The number of pyridine rings is 1. The van der Waals surface area contributed by atoms with Gasteiger partial charge in [0.1, 0.15) is 0 Å². The number of hydrogen-bond donors (Lipinski definition) is 0. The van der Waals surface area contributed by atoms with Gasteiger partial charge in [0.25, 0.3) is 10.1 Å². The summed E-state index contributed by atoms with van der Waals surface area (Å²) < 4.78 is 26.5. The zero-order chi connectivity index (χ0) is 13.7. The molecule has 2 rings (SSSR count). The SMILES string of the molecule is CS(=O)(=O)OCCC1CCN(c2ccncc2)CC1. The molecule has 6 heteroatoms. The fourth-order valence-electron chi connectivity index (χ4n) is 2.40. The minimum Gasteiger partial charge on any atom is -0.371 e. The van der Waals surface area contributed by atoms with E-state index in [1.165, 1.54) is 5.69 Å². The highest BCUT2D eigenvalue weighted by molar-refractivity contribution is 7.85. The van der Waals surface area contributed by atoms with Crippen LogP contribution in [0.2, 0.25) is 0 Å². The number of piperidine rings is 1. The van der Waals surface area contributed by atoms with Gasteiger partial charge in [-0.2, -0.15) is 8.42 Å². The number of anilines is 1. The average molecular weight is 284 g/mol. The molecule has 1 saturated heterocycles. The van der Waals surface area contributed by atoms with Crippen molar-refractivity contribution in [2.75, 3.05) is 30.9 Å². The zero-order valence-electron chi connectivity index (χ0n) is 11.2. The highest BCUT2D eigenvalue weighted by Crippen LogP contribution is 2.24. The molecule has 1 aromatic rings. The normalized spacial score (nSPS) is 17.6. The molecular weight excluding hydrogens is 264 g/mol. The first kappa shape index (κ1) is 14.3. The van der Waals surface area contributed by atoms with E-state index in [9.17, 15) is 8.42 Å². The summed E-state index contributed by atoms with van der Waals surface area (Å²) in [6, 6.07) is 4.04. The van der Waals surface area contributed by atoms with Crippen molar-refractivity contribution in [3.63, 3.8) is 0 Å². The molecule has 1 aromatic heterocycles. The Morgan fingerprint density at radius 3 is 2.53 bits per heavy atom. The van der Waals surface area contributed by atoms with Gasteiger partial charge in [0, 0.05) is 31.2 Å². The standard InChI is InChI=1S/C13H20N2O3S/c1-19(16,17)18-11-6-12-4-9-15(10-5-12)13-2-7-14-8-3-13/h2-3,7-8,12H,4-6,9-11H2,1H3. The molecule has 0 spiro atoms. The van der Waals surface area contributed by atoms with E-state index in [2.05, 4.69) is 9.88 Å². The first-order valence-electron chi connectivity index (χ1n) is 6.54. The maximum Gasteiger partial charge on any atom is 0.264 e. The molecular formula is C13H20N2O3S. The second-order valence-corrected chi connectivity index (χ2v) is 6.59. The second-order valence-electron chi connectivity index (χ2n) is 4.95. The van der Waals surface area contributed by atoms with Crippen LogP contribution in [-0.2, 0) is 14.3 Å². The van der Waals surface area contributed by atoms with E-state index >= 15 is 0 Å². The Balaban J connectivity index is 1.74. The largest absolute Gasteiger partial charge is 0.371 e. The van der Waals surface area contributed by atoms with E-state index in [-0.39, 0.29) is 0 Å². The quantitative estimate of drug-likeness (QED) is 0.770. The van der Waals surface area contributed by atoms with Crippen LogP contribution in [0.3, 0.4) is 0 Å². The fraction of sp³-hybridized carbons (Fsp3) is 0.615. The van der Waals surface area contributed by atoms with Crippen LogP contribution in [0.5, 0.6) is 0 Å². The molecule has 0 aromatic carbocycles. The van der Waals surface area contributed by atoms with Gasteiger partial charge in [-0.1, -0.05) is 0 Å². The Morgan fingerprint density at radius 1 is 1.32 bits per heavy atom. The van der Waals surface area contributed by atoms with Crippen molar-refractivity contribution in [1.29, 1.82) is 0 Å². The van der Waals surface area contributed by atoms with E-state index in [4.69, 9.17) is 4.18 Å². The van der Waals surface area contributed by atoms with Crippen LogP contribution in [0.4, 0.5) is 5.69 Å². The van der Waals surface area contributed by atoms with Crippen molar-refractivity contribution in [2.45, 2.75) is 19.3 Å². The summed E-state index contributed by atoms with van der Waals surface area (Å²) in [5.74, 6) is 0.555. The van der Waals surface area contributed by atoms with Crippen LogP contribution in [0.1, 0.15) is 19.3 Å². The first-order valence-corrected chi connectivity index (χ1v) is 8.35. The number of rotatable bonds is 5. The van der Waals surface area contributed by atoms with Gasteiger partial charge in [0.2, 0.25) is 0 Å². The van der Waals surface area contributed by atoms with Crippen LogP contribution < -0.4 is 4.90 Å². The summed E-state index contributed by atoms with van der Waals surface area (Å²) in [6.45, 7) is 2.32. The molecule has 1 aliphatic rings. The van der Waals surface area contributed by atoms with Crippen molar-refractivity contribution in [1.82, 2.24) is 4.98 Å². The summed E-state index contributed by atoms with van der Waals surface area (Å²) in [5, 5.41) is 0. The van der Waals surface area contributed by atoms with Crippen molar-refractivity contribution >= 4 is 15.8 Å². The van der Waals surface area contributed by atoms with Crippen molar-refractivity contribution in [2.24, 2.45) is 5.92 Å². The topological polar surface area (TPSA) is 59.5 Å². The summed E-state index contributed by atoms with van der Waals surface area (Å²) in [5.41, 5.74) is 1.21. The lowest BCUT2D eigenvalue weighted by Gasteiger charge is -2.33. The van der Waals surface area contributed by atoms with Gasteiger partial charge in [-0.15, -0.1) is 0 Å². The van der Waals surface area contributed by atoms with Crippen LogP contribution >= 0.6 is 0 Å². The molecule has 1 aliphatic heterocycles. The molecule has 0 atom stereocenters. The third-order valence-corrected chi connectivity index (χ3v) is 4.06.